The fraction of sp³-hybridized carbons (Fsp3) is 0.462. The van der Waals surface area contributed by atoms with E-state index in [1.807, 2.05) is 24.3 Å². The largest absolute Gasteiger partial charge is 0.465 e. The Balaban J connectivity index is 1.46. The van der Waals surface area contributed by atoms with Crippen molar-refractivity contribution in [3.8, 4) is 0 Å². The molecule has 0 aliphatic carbocycles. The molecule has 0 spiro atoms. The van der Waals surface area contributed by atoms with Crippen LogP contribution in [0.3, 0.4) is 0 Å². The van der Waals surface area contributed by atoms with Crippen LogP contribution in [0.2, 0.25) is 0 Å². The lowest BCUT2D eigenvalue weighted by Gasteiger charge is -2.12. The molecule has 0 N–H and O–H groups in total. The van der Waals surface area contributed by atoms with Crippen LogP contribution in [0.4, 0.5) is 0 Å². The van der Waals surface area contributed by atoms with Gasteiger partial charge in [-0.05, 0) is 42.7 Å². The van der Waals surface area contributed by atoms with Gasteiger partial charge >= 0.3 is 5.97 Å². The number of rotatable bonds is 14. The van der Waals surface area contributed by atoms with Gasteiger partial charge in [-0.25, -0.2) is 0 Å². The van der Waals surface area contributed by atoms with Crippen molar-refractivity contribution < 1.29 is 14.3 Å². The van der Waals surface area contributed by atoms with Crippen LogP contribution >= 0.6 is 0 Å². The van der Waals surface area contributed by atoms with Gasteiger partial charge in [-0.3, -0.25) is 9.59 Å². The van der Waals surface area contributed by atoms with E-state index in [0.717, 1.165) is 32.1 Å². The summed E-state index contributed by atoms with van der Waals surface area (Å²) in [6, 6.07) is 20.7. The van der Waals surface area contributed by atoms with Crippen LogP contribution < -0.4 is 0 Å². The Morgan fingerprint density at radius 1 is 0.793 bits per heavy atom. The predicted octanol–water partition coefficient (Wildman–Crippen LogP) is 5.95. The minimum absolute atomic E-state index is 0.00463. The number of Topliss-reactive ketones (excluding diaryl/α,β-unsaturated/α-hetero) is 1. The van der Waals surface area contributed by atoms with Gasteiger partial charge in [-0.2, -0.15) is 0 Å². The number of hydrogen-bond acceptors (Lipinski definition) is 3. The van der Waals surface area contributed by atoms with Crippen molar-refractivity contribution in [1.29, 1.82) is 0 Å². The van der Waals surface area contributed by atoms with Gasteiger partial charge in [-0.15, -0.1) is 0 Å². The molecule has 0 bridgehead atoms. The molecule has 2 aromatic rings. The highest BCUT2D eigenvalue weighted by Crippen LogP contribution is 2.12. The molecular formula is C26H34O3. The van der Waals surface area contributed by atoms with Crippen LogP contribution in [0.25, 0.3) is 0 Å². The van der Waals surface area contributed by atoms with E-state index in [9.17, 15) is 9.59 Å². The lowest BCUT2D eigenvalue weighted by molar-refractivity contribution is -0.147. The van der Waals surface area contributed by atoms with E-state index in [1.165, 1.54) is 24.0 Å². The van der Waals surface area contributed by atoms with Crippen molar-refractivity contribution in [3.63, 3.8) is 0 Å². The Labute approximate surface area is 175 Å². The highest BCUT2D eigenvalue weighted by atomic mass is 16.5. The summed E-state index contributed by atoms with van der Waals surface area (Å²) in [4.78, 5) is 23.8. The Hall–Kier alpha value is -2.42. The second kappa shape index (κ2) is 13.7. The monoisotopic (exact) mass is 394 g/mol. The van der Waals surface area contributed by atoms with Crippen LogP contribution in [-0.2, 0) is 27.2 Å². The van der Waals surface area contributed by atoms with Gasteiger partial charge in [0.25, 0.3) is 0 Å². The minimum Gasteiger partial charge on any atom is -0.465 e. The highest BCUT2D eigenvalue weighted by Gasteiger charge is 2.12. The summed E-state index contributed by atoms with van der Waals surface area (Å²) in [5.41, 5.74) is 2.62. The van der Waals surface area contributed by atoms with E-state index >= 15 is 0 Å². The molecule has 0 unspecified atom stereocenters. The topological polar surface area (TPSA) is 43.4 Å². The van der Waals surface area contributed by atoms with Crippen molar-refractivity contribution in [3.05, 3.63) is 71.8 Å². The molecule has 3 nitrogen and oxygen atoms in total. The van der Waals surface area contributed by atoms with Crippen molar-refractivity contribution in [2.75, 3.05) is 6.61 Å². The van der Waals surface area contributed by atoms with E-state index in [1.54, 1.807) is 0 Å². The molecule has 0 aliphatic rings. The van der Waals surface area contributed by atoms with E-state index in [2.05, 4.69) is 43.3 Å². The van der Waals surface area contributed by atoms with Crippen LogP contribution in [0.1, 0.15) is 63.0 Å². The standard InChI is InChI=1S/C26H34O3/c1-22(19-24-16-10-6-11-17-24)21-29-26(28)20-25(27)18-12-4-2-3-7-13-23-14-8-5-9-15-23/h5-6,8-11,14-17,22H,2-4,7,12-13,18-21H2,1H3/t22-/m1/s1. The smallest absolute Gasteiger partial charge is 0.313 e. The third-order valence-electron chi connectivity index (χ3n) is 5.06. The molecule has 0 saturated carbocycles. The van der Waals surface area contributed by atoms with Gasteiger partial charge in [0, 0.05) is 6.42 Å². The van der Waals surface area contributed by atoms with E-state index in [-0.39, 0.29) is 18.1 Å². The third kappa shape index (κ3) is 10.6. The van der Waals surface area contributed by atoms with Crippen molar-refractivity contribution in [2.45, 2.75) is 64.7 Å². The summed E-state index contributed by atoms with van der Waals surface area (Å²) in [5.74, 6) is -0.153. The number of aryl methyl sites for hydroxylation is 1. The number of hydrogen-bond donors (Lipinski definition) is 0. The average Bonchev–Trinajstić information content (AvgIpc) is 2.73. The summed E-state index contributed by atoms with van der Waals surface area (Å²) in [6.07, 6.45) is 7.79. The molecule has 0 heterocycles. The van der Waals surface area contributed by atoms with Gasteiger partial charge < -0.3 is 4.74 Å². The Kier molecular flexibility index (Phi) is 10.8. The maximum absolute atomic E-state index is 12.0. The second-order valence-corrected chi connectivity index (χ2v) is 7.95. The molecule has 29 heavy (non-hydrogen) atoms. The van der Waals surface area contributed by atoms with Gasteiger partial charge in [0.2, 0.25) is 0 Å². The van der Waals surface area contributed by atoms with Crippen LogP contribution in [0, 0.1) is 5.92 Å². The van der Waals surface area contributed by atoms with Gasteiger partial charge in [-0.1, -0.05) is 86.8 Å². The second-order valence-electron chi connectivity index (χ2n) is 7.95. The lowest BCUT2D eigenvalue weighted by atomic mass is 10.0. The van der Waals surface area contributed by atoms with Crippen molar-refractivity contribution in [2.24, 2.45) is 5.92 Å². The van der Waals surface area contributed by atoms with Gasteiger partial charge in [0.15, 0.2) is 0 Å². The molecule has 1 atom stereocenters. The fourth-order valence-electron chi connectivity index (χ4n) is 3.44. The third-order valence-corrected chi connectivity index (χ3v) is 5.06. The fourth-order valence-corrected chi connectivity index (χ4v) is 3.44. The van der Waals surface area contributed by atoms with E-state index in [0.29, 0.717) is 13.0 Å². The van der Waals surface area contributed by atoms with Crippen molar-refractivity contribution >= 4 is 11.8 Å². The number of carbonyl (C=O) groups is 2. The first-order valence-corrected chi connectivity index (χ1v) is 10.9. The zero-order chi connectivity index (χ0) is 20.7. The number of unbranched alkanes of at least 4 members (excludes halogenated alkanes) is 4. The van der Waals surface area contributed by atoms with Crippen LogP contribution in [-0.4, -0.2) is 18.4 Å². The van der Waals surface area contributed by atoms with Crippen LogP contribution in [0.15, 0.2) is 60.7 Å². The summed E-state index contributed by atoms with van der Waals surface area (Å²) >= 11 is 0. The number of esters is 1. The van der Waals surface area contributed by atoms with E-state index in [4.69, 9.17) is 4.74 Å². The molecular weight excluding hydrogens is 360 g/mol. The SMILES string of the molecule is C[C@@H](COC(=O)CC(=O)CCCCCCCc1ccccc1)Cc1ccccc1. The Morgan fingerprint density at radius 2 is 1.38 bits per heavy atom. The molecule has 156 valence electrons. The molecule has 2 rings (SSSR count). The highest BCUT2D eigenvalue weighted by molar-refractivity contribution is 5.95. The summed E-state index contributed by atoms with van der Waals surface area (Å²) in [5, 5.41) is 0. The summed E-state index contributed by atoms with van der Waals surface area (Å²) < 4.78 is 5.29. The average molecular weight is 395 g/mol. The maximum Gasteiger partial charge on any atom is 0.313 e. The molecule has 0 radical (unpaired) electrons. The zero-order valence-corrected chi connectivity index (χ0v) is 17.6. The number of benzene rings is 2. The quantitative estimate of drug-likeness (QED) is 0.226. The van der Waals surface area contributed by atoms with E-state index < -0.39 is 5.97 Å². The number of carbonyl (C=O) groups excluding carboxylic acids is 2. The Morgan fingerprint density at radius 3 is 2.07 bits per heavy atom. The molecule has 0 saturated heterocycles. The first-order chi connectivity index (χ1) is 14.1. The first-order valence-electron chi connectivity index (χ1n) is 10.9. The molecule has 2 aromatic carbocycles. The minimum atomic E-state index is -0.391. The normalized spacial score (nSPS) is 11.8. The van der Waals surface area contributed by atoms with Gasteiger partial charge in [0.1, 0.15) is 12.2 Å². The predicted molar refractivity (Wildman–Crippen MR) is 118 cm³/mol. The summed E-state index contributed by atoms with van der Waals surface area (Å²) in [6.45, 7) is 2.42. The van der Waals surface area contributed by atoms with Gasteiger partial charge in [0.05, 0.1) is 6.61 Å². The number of ether oxygens (including phenoxy) is 1. The lowest BCUT2D eigenvalue weighted by Crippen LogP contribution is -2.16. The maximum atomic E-state index is 12.0. The Bertz CT molecular complexity index is 709. The molecule has 0 amide bonds. The number of ketones is 1. The molecule has 0 aromatic heterocycles. The molecule has 0 aliphatic heterocycles. The van der Waals surface area contributed by atoms with Crippen molar-refractivity contribution in [1.82, 2.24) is 0 Å². The van der Waals surface area contributed by atoms with Crippen LogP contribution in [0.5, 0.6) is 0 Å². The molecule has 0 fully saturated rings. The first kappa shape index (κ1) is 22.9. The zero-order valence-electron chi connectivity index (χ0n) is 17.6. The molecule has 3 heteroatoms. The summed E-state index contributed by atoms with van der Waals surface area (Å²) in [7, 11) is 0.